The summed E-state index contributed by atoms with van der Waals surface area (Å²) >= 11 is 3.36. The van der Waals surface area contributed by atoms with E-state index >= 15 is 0 Å². The van der Waals surface area contributed by atoms with Gasteiger partial charge in [0.2, 0.25) is 5.91 Å². The van der Waals surface area contributed by atoms with E-state index in [1.165, 1.54) is 0 Å². The van der Waals surface area contributed by atoms with Crippen molar-refractivity contribution in [2.45, 2.75) is 6.42 Å². The molecule has 1 aliphatic rings. The topological polar surface area (TPSA) is 59.2 Å². The lowest BCUT2D eigenvalue weighted by Crippen LogP contribution is -2.26. The maximum Gasteiger partial charge on any atom is 0.228 e. The standard InChI is InChI=1S/C10H12BrN3O/c11-8-1-2-13-9(4-8)14-6-7(5-12)3-10(14)15/h1-2,4,7H,3,5-6,12H2. The second-order valence-electron chi connectivity index (χ2n) is 3.64. The molecule has 2 rings (SSSR count). The Morgan fingerprint density at radius 3 is 3.07 bits per heavy atom. The molecular formula is C10H12BrN3O. The molecular weight excluding hydrogens is 258 g/mol. The third kappa shape index (κ3) is 2.18. The quantitative estimate of drug-likeness (QED) is 0.877. The number of pyridine rings is 1. The third-order valence-electron chi connectivity index (χ3n) is 2.52. The van der Waals surface area contributed by atoms with Crippen LogP contribution in [0.25, 0.3) is 0 Å². The lowest BCUT2D eigenvalue weighted by atomic mass is 10.1. The predicted molar refractivity (Wildman–Crippen MR) is 61.5 cm³/mol. The van der Waals surface area contributed by atoms with Crippen molar-refractivity contribution in [2.24, 2.45) is 11.7 Å². The van der Waals surface area contributed by atoms with Crippen LogP contribution in [0.4, 0.5) is 5.82 Å². The Morgan fingerprint density at radius 1 is 1.67 bits per heavy atom. The van der Waals surface area contributed by atoms with Gasteiger partial charge >= 0.3 is 0 Å². The number of nitrogens with two attached hydrogens (primary N) is 1. The van der Waals surface area contributed by atoms with Crippen molar-refractivity contribution in [1.29, 1.82) is 0 Å². The highest BCUT2D eigenvalue weighted by atomic mass is 79.9. The molecule has 0 spiro atoms. The van der Waals surface area contributed by atoms with Gasteiger partial charge in [0.25, 0.3) is 0 Å². The molecule has 2 N–H and O–H groups in total. The lowest BCUT2D eigenvalue weighted by molar-refractivity contribution is -0.117. The molecule has 0 aliphatic carbocycles. The zero-order valence-electron chi connectivity index (χ0n) is 8.19. The van der Waals surface area contributed by atoms with Gasteiger partial charge in [-0.25, -0.2) is 4.98 Å². The molecule has 1 amide bonds. The molecule has 80 valence electrons. The Kier molecular flexibility index (Phi) is 3.02. The van der Waals surface area contributed by atoms with Gasteiger partial charge in [-0.15, -0.1) is 0 Å². The summed E-state index contributed by atoms with van der Waals surface area (Å²) in [5, 5.41) is 0. The largest absolute Gasteiger partial charge is 0.330 e. The van der Waals surface area contributed by atoms with Crippen molar-refractivity contribution in [2.75, 3.05) is 18.0 Å². The van der Waals surface area contributed by atoms with Gasteiger partial charge in [0.15, 0.2) is 0 Å². The van der Waals surface area contributed by atoms with Crippen LogP contribution in [0, 0.1) is 5.92 Å². The number of hydrogen-bond donors (Lipinski definition) is 1. The van der Waals surface area contributed by atoms with E-state index in [0.717, 1.165) is 4.47 Å². The summed E-state index contributed by atoms with van der Waals surface area (Å²) in [6.45, 7) is 1.23. The molecule has 1 atom stereocenters. The van der Waals surface area contributed by atoms with Crippen LogP contribution in [-0.2, 0) is 4.79 Å². The van der Waals surface area contributed by atoms with E-state index in [1.807, 2.05) is 12.1 Å². The molecule has 0 bridgehead atoms. The summed E-state index contributed by atoms with van der Waals surface area (Å²) in [5.41, 5.74) is 5.56. The van der Waals surface area contributed by atoms with E-state index in [0.29, 0.717) is 25.3 Å². The molecule has 1 unspecified atom stereocenters. The van der Waals surface area contributed by atoms with Crippen molar-refractivity contribution < 1.29 is 4.79 Å². The predicted octanol–water partition coefficient (Wildman–Crippen LogP) is 1.16. The second-order valence-corrected chi connectivity index (χ2v) is 4.56. The average molecular weight is 270 g/mol. The van der Waals surface area contributed by atoms with Crippen molar-refractivity contribution in [3.63, 3.8) is 0 Å². The minimum absolute atomic E-state index is 0.107. The van der Waals surface area contributed by atoms with Crippen LogP contribution in [0.15, 0.2) is 22.8 Å². The summed E-state index contributed by atoms with van der Waals surface area (Å²) in [4.78, 5) is 17.5. The van der Waals surface area contributed by atoms with Crippen LogP contribution in [0.3, 0.4) is 0 Å². The van der Waals surface area contributed by atoms with Crippen LogP contribution in [0.5, 0.6) is 0 Å². The normalized spacial score (nSPS) is 21.1. The van der Waals surface area contributed by atoms with Crippen LogP contribution in [0.1, 0.15) is 6.42 Å². The molecule has 4 nitrogen and oxygen atoms in total. The summed E-state index contributed by atoms with van der Waals surface area (Å²) in [6, 6.07) is 3.68. The van der Waals surface area contributed by atoms with Crippen LogP contribution >= 0.6 is 15.9 Å². The van der Waals surface area contributed by atoms with E-state index in [2.05, 4.69) is 20.9 Å². The number of halogens is 1. The van der Waals surface area contributed by atoms with Gasteiger partial charge in [-0.2, -0.15) is 0 Å². The SMILES string of the molecule is NCC1CC(=O)N(c2cc(Br)ccn2)C1. The fourth-order valence-corrected chi connectivity index (χ4v) is 2.02. The summed E-state index contributed by atoms with van der Waals surface area (Å²) in [7, 11) is 0. The summed E-state index contributed by atoms with van der Waals surface area (Å²) in [6.07, 6.45) is 2.22. The molecule has 0 radical (unpaired) electrons. The molecule has 1 aliphatic heterocycles. The van der Waals surface area contributed by atoms with E-state index in [-0.39, 0.29) is 11.8 Å². The van der Waals surface area contributed by atoms with Crippen molar-refractivity contribution in [3.05, 3.63) is 22.8 Å². The molecule has 1 aromatic heterocycles. The van der Waals surface area contributed by atoms with Crippen molar-refractivity contribution in [3.8, 4) is 0 Å². The monoisotopic (exact) mass is 269 g/mol. The van der Waals surface area contributed by atoms with Gasteiger partial charge in [0, 0.05) is 23.6 Å². The highest BCUT2D eigenvalue weighted by Crippen LogP contribution is 2.24. The van der Waals surface area contributed by atoms with Gasteiger partial charge in [-0.05, 0) is 24.6 Å². The Bertz CT molecular complexity index is 383. The molecule has 1 saturated heterocycles. The number of nitrogens with zero attached hydrogens (tertiary/aromatic N) is 2. The second kappa shape index (κ2) is 4.28. The maximum atomic E-state index is 11.7. The van der Waals surface area contributed by atoms with E-state index < -0.39 is 0 Å². The highest BCUT2D eigenvalue weighted by molar-refractivity contribution is 9.10. The van der Waals surface area contributed by atoms with E-state index in [4.69, 9.17) is 5.73 Å². The molecule has 2 heterocycles. The van der Waals surface area contributed by atoms with Crippen LogP contribution in [-0.4, -0.2) is 24.0 Å². The first kappa shape index (κ1) is 10.6. The van der Waals surface area contributed by atoms with Gasteiger partial charge < -0.3 is 5.73 Å². The smallest absolute Gasteiger partial charge is 0.228 e. The van der Waals surface area contributed by atoms with Crippen molar-refractivity contribution in [1.82, 2.24) is 4.98 Å². The first-order valence-electron chi connectivity index (χ1n) is 4.82. The molecule has 0 aromatic carbocycles. The van der Waals surface area contributed by atoms with Gasteiger partial charge in [-0.3, -0.25) is 9.69 Å². The van der Waals surface area contributed by atoms with Crippen LogP contribution in [0.2, 0.25) is 0 Å². The molecule has 1 aromatic rings. The highest BCUT2D eigenvalue weighted by Gasteiger charge is 2.30. The number of aromatic nitrogens is 1. The summed E-state index contributed by atoms with van der Waals surface area (Å²) < 4.78 is 0.927. The number of hydrogen-bond acceptors (Lipinski definition) is 3. The number of carbonyl (C=O) groups excluding carboxylic acids is 1. The maximum absolute atomic E-state index is 11.7. The minimum atomic E-state index is 0.107. The fourth-order valence-electron chi connectivity index (χ4n) is 1.70. The fraction of sp³-hybridized carbons (Fsp3) is 0.400. The first-order valence-corrected chi connectivity index (χ1v) is 5.62. The Balaban J connectivity index is 2.21. The number of carbonyl (C=O) groups is 1. The van der Waals surface area contributed by atoms with Crippen molar-refractivity contribution >= 4 is 27.7 Å². The Morgan fingerprint density at radius 2 is 2.47 bits per heavy atom. The third-order valence-corrected chi connectivity index (χ3v) is 3.02. The Labute approximate surface area is 96.6 Å². The Hall–Kier alpha value is -0.940. The van der Waals surface area contributed by atoms with E-state index in [1.54, 1.807) is 11.1 Å². The first-order chi connectivity index (χ1) is 7.20. The van der Waals surface area contributed by atoms with Crippen LogP contribution < -0.4 is 10.6 Å². The van der Waals surface area contributed by atoms with Gasteiger partial charge in [0.1, 0.15) is 5.82 Å². The number of anilines is 1. The average Bonchev–Trinajstić information content (AvgIpc) is 2.60. The molecule has 0 saturated carbocycles. The number of rotatable bonds is 2. The van der Waals surface area contributed by atoms with Gasteiger partial charge in [0.05, 0.1) is 0 Å². The zero-order chi connectivity index (χ0) is 10.8. The molecule has 5 heteroatoms. The zero-order valence-corrected chi connectivity index (χ0v) is 9.77. The number of amides is 1. The summed E-state index contributed by atoms with van der Waals surface area (Å²) in [5.74, 6) is 1.07. The molecule has 15 heavy (non-hydrogen) atoms. The molecule has 1 fully saturated rings. The lowest BCUT2D eigenvalue weighted by Gasteiger charge is -2.15. The van der Waals surface area contributed by atoms with Gasteiger partial charge in [-0.1, -0.05) is 15.9 Å². The minimum Gasteiger partial charge on any atom is -0.330 e. The van der Waals surface area contributed by atoms with E-state index in [9.17, 15) is 4.79 Å².